The van der Waals surface area contributed by atoms with Gasteiger partial charge in [-0.1, -0.05) is 196 Å². The summed E-state index contributed by atoms with van der Waals surface area (Å²) in [5.74, 6) is 2.08. The fourth-order valence-corrected chi connectivity index (χ4v) is 9.43. The van der Waals surface area contributed by atoms with Gasteiger partial charge in [-0.2, -0.15) is 0 Å². The summed E-state index contributed by atoms with van der Waals surface area (Å²) in [5, 5.41) is 1.36. The third-order valence-electron chi connectivity index (χ3n) is 13.7. The second kappa shape index (κ2) is 40.3. The van der Waals surface area contributed by atoms with E-state index >= 15 is 0 Å². The Labute approximate surface area is 499 Å². The van der Waals surface area contributed by atoms with Crippen molar-refractivity contribution in [3.63, 3.8) is 0 Å². The second-order valence-electron chi connectivity index (χ2n) is 20.6. The normalized spacial score (nSPS) is 10.7. The van der Waals surface area contributed by atoms with Crippen LogP contribution in [0, 0.1) is 13.8 Å². The number of rotatable bonds is 35. The van der Waals surface area contributed by atoms with Crippen LogP contribution in [-0.4, -0.2) is 43.6 Å². The SMILES string of the molecule is CCCCCCCCCCOc1ccc(C(=O)c2ccc(C)c(Cl)c2)cc1.CCCCCCCCCCOc1ccc(C(=O)c2ccc(C)cc2Cl)cc1.CCCCCCCCOc1ccc(C(=O)Oc2ccc(C=O)c(Cl)c2)cc1. The van der Waals surface area contributed by atoms with Crippen LogP contribution in [0.25, 0.3) is 0 Å². The summed E-state index contributed by atoms with van der Waals surface area (Å²) < 4.78 is 22.6. The molecular weight excluding hydrogens is 1080 g/mol. The van der Waals surface area contributed by atoms with Gasteiger partial charge in [-0.05, 0) is 147 Å². The third-order valence-corrected chi connectivity index (χ3v) is 14.8. The highest BCUT2D eigenvalue weighted by molar-refractivity contribution is 6.35. The van der Waals surface area contributed by atoms with Gasteiger partial charge in [-0.25, -0.2) is 4.79 Å². The van der Waals surface area contributed by atoms with E-state index in [1.165, 1.54) is 140 Å². The maximum atomic E-state index is 12.6. The zero-order valence-corrected chi connectivity index (χ0v) is 51.0. The van der Waals surface area contributed by atoms with E-state index in [0.717, 1.165) is 60.9 Å². The van der Waals surface area contributed by atoms with Crippen LogP contribution < -0.4 is 18.9 Å². The summed E-state index contributed by atoms with van der Waals surface area (Å²) in [4.78, 5) is 48.1. The van der Waals surface area contributed by atoms with E-state index in [1.807, 2.05) is 86.6 Å². The molecule has 6 aromatic carbocycles. The van der Waals surface area contributed by atoms with Crippen molar-refractivity contribution in [2.75, 3.05) is 19.8 Å². The molecule has 0 bridgehead atoms. The standard InChI is InChI=1S/2C24H31ClO2.C22H25ClO4/c1-3-4-5-6-7-8-9-10-17-27-21-14-12-20(13-15-21)24(26)22-16-11-19(2)18-23(22)25;1-3-4-5-6-7-8-9-10-17-27-22-15-13-20(14-16-22)24(26)21-12-11-19(2)23(25)18-21;1-2-3-4-5-6-7-14-26-19-11-8-17(9-12-19)22(25)27-20-13-10-18(16-24)21(23)15-20/h2*11-16,18H,3-10,17H2,1-2H3;8-13,15-16H,2-7,14H2,1H3. The molecule has 81 heavy (non-hydrogen) atoms. The number of ether oxygens (including phenoxy) is 4. The highest BCUT2D eigenvalue weighted by atomic mass is 35.5. The van der Waals surface area contributed by atoms with Gasteiger partial charge in [0.2, 0.25) is 0 Å². The van der Waals surface area contributed by atoms with Crippen molar-refractivity contribution in [2.45, 2.75) is 176 Å². The van der Waals surface area contributed by atoms with Gasteiger partial charge in [0.25, 0.3) is 0 Å². The van der Waals surface area contributed by atoms with Crippen LogP contribution in [0.5, 0.6) is 23.0 Å². The minimum atomic E-state index is -0.493. The maximum absolute atomic E-state index is 12.6. The molecule has 6 aromatic rings. The minimum absolute atomic E-state index is 0.0217. The van der Waals surface area contributed by atoms with Crippen molar-refractivity contribution >= 4 is 58.6 Å². The van der Waals surface area contributed by atoms with Crippen molar-refractivity contribution in [2.24, 2.45) is 0 Å². The molecule has 0 aliphatic heterocycles. The highest BCUT2D eigenvalue weighted by Gasteiger charge is 2.15. The van der Waals surface area contributed by atoms with E-state index in [9.17, 15) is 19.2 Å². The van der Waals surface area contributed by atoms with Gasteiger partial charge in [-0.3, -0.25) is 14.4 Å². The Balaban J connectivity index is 0.000000261. The molecule has 0 unspecified atom stereocenters. The molecule has 0 aliphatic carbocycles. The molecule has 11 heteroatoms. The van der Waals surface area contributed by atoms with E-state index in [2.05, 4.69) is 20.8 Å². The largest absolute Gasteiger partial charge is 0.494 e. The molecular formula is C70H87Cl3O8. The molecule has 0 amide bonds. The molecule has 0 aliphatic rings. The molecule has 0 saturated carbocycles. The summed E-state index contributed by atoms with van der Waals surface area (Å²) in [6.07, 6.45) is 28.6. The van der Waals surface area contributed by atoms with E-state index < -0.39 is 5.97 Å². The number of halogens is 3. The summed E-state index contributed by atoms with van der Waals surface area (Å²) in [6, 6.07) is 37.0. The third kappa shape index (κ3) is 26.7. The van der Waals surface area contributed by atoms with Crippen molar-refractivity contribution < 1.29 is 38.1 Å². The average molecular weight is 1160 g/mol. The van der Waals surface area contributed by atoms with Gasteiger partial charge >= 0.3 is 5.97 Å². The van der Waals surface area contributed by atoms with Crippen LogP contribution in [0.4, 0.5) is 0 Å². The Bertz CT molecular complexity index is 2760. The minimum Gasteiger partial charge on any atom is -0.494 e. The predicted octanol–water partition coefficient (Wildman–Crippen LogP) is 20.9. The van der Waals surface area contributed by atoms with Crippen LogP contribution in [0.1, 0.15) is 226 Å². The number of aldehydes is 1. The first-order valence-electron chi connectivity index (χ1n) is 29.6. The van der Waals surface area contributed by atoms with E-state index in [1.54, 1.807) is 36.4 Å². The Morgan fingerprint density at radius 3 is 1.19 bits per heavy atom. The lowest BCUT2D eigenvalue weighted by atomic mass is 10.0. The number of hydrogen-bond donors (Lipinski definition) is 0. The lowest BCUT2D eigenvalue weighted by molar-refractivity contribution is 0.0734. The number of ketones is 2. The molecule has 0 aromatic heterocycles. The number of unbranched alkanes of at least 4 members (excludes halogenated alkanes) is 19. The molecule has 0 radical (unpaired) electrons. The zero-order valence-electron chi connectivity index (χ0n) is 48.8. The first-order valence-corrected chi connectivity index (χ1v) is 30.8. The number of carbonyl (C=O) groups is 4. The molecule has 0 fully saturated rings. The number of aryl methyl sites for hydroxylation is 2. The Morgan fingerprint density at radius 2 is 0.778 bits per heavy atom. The monoisotopic (exact) mass is 1160 g/mol. The Kier molecular flexibility index (Phi) is 33.6. The molecule has 6 rings (SSSR count). The maximum Gasteiger partial charge on any atom is 0.343 e. The lowest BCUT2D eigenvalue weighted by Gasteiger charge is -2.08. The lowest BCUT2D eigenvalue weighted by Crippen LogP contribution is -2.08. The smallest absolute Gasteiger partial charge is 0.343 e. The molecule has 0 spiro atoms. The van der Waals surface area contributed by atoms with Crippen molar-refractivity contribution in [1.29, 1.82) is 0 Å². The van der Waals surface area contributed by atoms with Gasteiger partial charge in [-0.15, -0.1) is 0 Å². The summed E-state index contributed by atoms with van der Waals surface area (Å²) in [6.45, 7) is 12.7. The summed E-state index contributed by atoms with van der Waals surface area (Å²) in [7, 11) is 0. The van der Waals surface area contributed by atoms with Gasteiger partial charge < -0.3 is 18.9 Å². The van der Waals surface area contributed by atoms with Crippen LogP contribution in [-0.2, 0) is 0 Å². The first kappa shape index (κ1) is 67.6. The number of carbonyl (C=O) groups excluding carboxylic acids is 4. The second-order valence-corrected chi connectivity index (χ2v) is 21.9. The van der Waals surface area contributed by atoms with Crippen molar-refractivity contribution in [3.05, 3.63) is 187 Å². The topological polar surface area (TPSA) is 105 Å². The molecule has 436 valence electrons. The van der Waals surface area contributed by atoms with Gasteiger partial charge in [0.05, 0.1) is 35.4 Å². The molecule has 8 nitrogen and oxygen atoms in total. The first-order chi connectivity index (χ1) is 39.4. The number of hydrogen-bond acceptors (Lipinski definition) is 8. The van der Waals surface area contributed by atoms with Crippen molar-refractivity contribution in [1.82, 2.24) is 0 Å². The van der Waals surface area contributed by atoms with E-state index in [4.69, 9.17) is 53.8 Å². The van der Waals surface area contributed by atoms with Gasteiger partial charge in [0, 0.05) is 38.9 Å². The zero-order chi connectivity index (χ0) is 58.5. The van der Waals surface area contributed by atoms with Crippen LogP contribution in [0.3, 0.4) is 0 Å². The van der Waals surface area contributed by atoms with E-state index in [0.29, 0.717) is 62.1 Å². The number of esters is 1. The Morgan fingerprint density at radius 1 is 0.383 bits per heavy atom. The van der Waals surface area contributed by atoms with E-state index in [-0.39, 0.29) is 16.6 Å². The van der Waals surface area contributed by atoms with Crippen LogP contribution >= 0.6 is 34.8 Å². The van der Waals surface area contributed by atoms with Gasteiger partial charge in [0.15, 0.2) is 17.9 Å². The summed E-state index contributed by atoms with van der Waals surface area (Å²) >= 11 is 18.3. The fraction of sp³-hybridized carbons (Fsp3) is 0.429. The molecule has 0 atom stereocenters. The van der Waals surface area contributed by atoms with Crippen LogP contribution in [0.15, 0.2) is 127 Å². The van der Waals surface area contributed by atoms with Crippen molar-refractivity contribution in [3.8, 4) is 23.0 Å². The number of benzene rings is 6. The quantitative estimate of drug-likeness (QED) is 0.0127. The average Bonchev–Trinajstić information content (AvgIpc) is 3.57. The van der Waals surface area contributed by atoms with Gasteiger partial charge in [0.1, 0.15) is 23.0 Å². The van der Waals surface area contributed by atoms with Crippen LogP contribution in [0.2, 0.25) is 15.1 Å². The Hall–Kier alpha value is -5.93. The molecule has 0 heterocycles. The molecule has 0 N–H and O–H groups in total. The molecule has 0 saturated heterocycles. The summed E-state index contributed by atoms with van der Waals surface area (Å²) in [5.41, 5.74) is 5.20. The predicted molar refractivity (Wildman–Crippen MR) is 335 cm³/mol. The highest BCUT2D eigenvalue weighted by Crippen LogP contribution is 2.26. The fourth-order valence-electron chi connectivity index (χ4n) is 8.71.